The molecule has 0 saturated carbocycles. The lowest BCUT2D eigenvalue weighted by Gasteiger charge is -2.32. The van der Waals surface area contributed by atoms with Crippen LogP contribution in [0.15, 0.2) is 79.0 Å². The number of carbonyl (C=O) groups is 1. The van der Waals surface area contributed by atoms with E-state index in [1.54, 1.807) is 13.3 Å². The van der Waals surface area contributed by atoms with Gasteiger partial charge >= 0.3 is 0 Å². The van der Waals surface area contributed by atoms with Gasteiger partial charge in [0.05, 0.1) is 18.8 Å². The molecular weight excluding hydrogens is 414 g/mol. The maximum absolute atomic E-state index is 13.2. The van der Waals surface area contributed by atoms with Gasteiger partial charge < -0.3 is 14.8 Å². The highest BCUT2D eigenvalue weighted by Crippen LogP contribution is 2.26. The first-order valence-electron chi connectivity index (χ1n) is 11.5. The Balaban J connectivity index is 1.33. The molecule has 1 fully saturated rings. The zero-order chi connectivity index (χ0) is 22.9. The second-order valence-corrected chi connectivity index (χ2v) is 8.25. The van der Waals surface area contributed by atoms with Crippen molar-refractivity contribution in [3.05, 3.63) is 90.3 Å². The first kappa shape index (κ1) is 22.8. The van der Waals surface area contributed by atoms with E-state index in [2.05, 4.69) is 15.2 Å². The summed E-state index contributed by atoms with van der Waals surface area (Å²) in [5.74, 6) is 1.72. The number of rotatable bonds is 9. The number of amides is 1. The van der Waals surface area contributed by atoms with Gasteiger partial charge in [0.2, 0.25) is 5.91 Å². The van der Waals surface area contributed by atoms with Gasteiger partial charge in [0, 0.05) is 18.7 Å². The molecule has 6 heteroatoms. The fourth-order valence-corrected chi connectivity index (χ4v) is 4.18. The second-order valence-electron chi connectivity index (χ2n) is 8.25. The summed E-state index contributed by atoms with van der Waals surface area (Å²) in [5, 5.41) is 3.25. The normalized spacial score (nSPS) is 15.5. The van der Waals surface area contributed by atoms with Crippen molar-refractivity contribution in [2.24, 2.45) is 5.92 Å². The molecule has 2 aromatic carbocycles. The Morgan fingerprint density at radius 3 is 2.52 bits per heavy atom. The summed E-state index contributed by atoms with van der Waals surface area (Å²) in [4.78, 5) is 20.1. The molecule has 0 bridgehead atoms. The van der Waals surface area contributed by atoms with Crippen LogP contribution in [-0.4, -0.2) is 49.1 Å². The van der Waals surface area contributed by atoms with Gasteiger partial charge in [0.1, 0.15) is 18.1 Å². The Morgan fingerprint density at radius 2 is 1.79 bits per heavy atom. The number of aromatic nitrogens is 1. The van der Waals surface area contributed by atoms with Crippen LogP contribution in [0.25, 0.3) is 0 Å². The van der Waals surface area contributed by atoms with E-state index in [1.165, 1.54) is 0 Å². The van der Waals surface area contributed by atoms with Crippen LogP contribution in [0.4, 0.5) is 0 Å². The Morgan fingerprint density at radius 1 is 1.03 bits per heavy atom. The summed E-state index contributed by atoms with van der Waals surface area (Å²) in [6.45, 7) is 3.30. The van der Waals surface area contributed by atoms with E-state index in [-0.39, 0.29) is 17.9 Å². The highest BCUT2D eigenvalue weighted by Gasteiger charge is 2.28. The van der Waals surface area contributed by atoms with Crippen molar-refractivity contribution in [1.82, 2.24) is 15.2 Å². The van der Waals surface area contributed by atoms with Crippen LogP contribution in [0, 0.1) is 5.92 Å². The molecule has 0 aliphatic carbocycles. The predicted molar refractivity (Wildman–Crippen MR) is 128 cm³/mol. The molecule has 1 aromatic heterocycles. The lowest BCUT2D eigenvalue weighted by Crippen LogP contribution is -2.42. The van der Waals surface area contributed by atoms with Crippen LogP contribution in [0.2, 0.25) is 0 Å². The number of benzene rings is 2. The Kier molecular flexibility index (Phi) is 7.93. The standard InChI is InChI=1S/C27H31N3O3/c1-32-24-11-7-8-22(20-24)26(25-12-5-6-15-28-25)29-27(31)21-13-16-30(17-14-21)18-19-33-23-9-3-2-4-10-23/h2-12,15,20-21,26H,13-14,16-19H2,1H3,(H,29,31). The number of pyridine rings is 1. The van der Waals surface area contributed by atoms with Gasteiger partial charge in [-0.1, -0.05) is 36.4 Å². The van der Waals surface area contributed by atoms with E-state index in [0.29, 0.717) is 6.61 Å². The molecule has 1 unspecified atom stereocenters. The molecule has 6 nitrogen and oxygen atoms in total. The minimum atomic E-state index is -0.314. The van der Waals surface area contributed by atoms with Crippen molar-refractivity contribution in [2.75, 3.05) is 33.4 Å². The second kappa shape index (κ2) is 11.5. The highest BCUT2D eigenvalue weighted by atomic mass is 16.5. The average Bonchev–Trinajstić information content (AvgIpc) is 2.88. The van der Waals surface area contributed by atoms with Crippen LogP contribution in [0.5, 0.6) is 11.5 Å². The largest absolute Gasteiger partial charge is 0.497 e. The number of hydrogen-bond donors (Lipinski definition) is 1. The fourth-order valence-electron chi connectivity index (χ4n) is 4.18. The van der Waals surface area contributed by atoms with Crippen molar-refractivity contribution in [1.29, 1.82) is 0 Å². The molecule has 4 rings (SSSR count). The molecule has 33 heavy (non-hydrogen) atoms. The van der Waals surface area contributed by atoms with E-state index in [4.69, 9.17) is 9.47 Å². The highest BCUT2D eigenvalue weighted by molar-refractivity contribution is 5.79. The average molecular weight is 446 g/mol. The van der Waals surface area contributed by atoms with Crippen LogP contribution in [0.1, 0.15) is 30.1 Å². The Hall–Kier alpha value is -3.38. The maximum Gasteiger partial charge on any atom is 0.224 e. The maximum atomic E-state index is 13.2. The SMILES string of the molecule is COc1cccc(C(NC(=O)C2CCN(CCOc3ccccc3)CC2)c2ccccn2)c1. The Labute approximate surface area is 195 Å². The first-order valence-corrected chi connectivity index (χ1v) is 11.5. The third-order valence-electron chi connectivity index (χ3n) is 6.08. The molecule has 1 amide bonds. The van der Waals surface area contributed by atoms with Crippen molar-refractivity contribution in [3.8, 4) is 11.5 Å². The zero-order valence-electron chi connectivity index (χ0n) is 19.0. The zero-order valence-corrected chi connectivity index (χ0v) is 19.0. The molecule has 3 aromatic rings. The van der Waals surface area contributed by atoms with Crippen molar-refractivity contribution in [3.63, 3.8) is 0 Å². The van der Waals surface area contributed by atoms with Gasteiger partial charge in [-0.2, -0.15) is 0 Å². The molecule has 172 valence electrons. The van der Waals surface area contributed by atoms with Crippen LogP contribution in [0.3, 0.4) is 0 Å². The molecule has 1 atom stereocenters. The van der Waals surface area contributed by atoms with E-state index in [1.807, 2.05) is 72.8 Å². The predicted octanol–water partition coefficient (Wildman–Crippen LogP) is 4.09. The summed E-state index contributed by atoms with van der Waals surface area (Å²) in [6.07, 6.45) is 3.43. The smallest absolute Gasteiger partial charge is 0.224 e. The summed E-state index contributed by atoms with van der Waals surface area (Å²) in [7, 11) is 1.64. The third-order valence-corrected chi connectivity index (χ3v) is 6.08. The lowest BCUT2D eigenvalue weighted by molar-refractivity contribution is -0.127. The summed E-state index contributed by atoms with van der Waals surface area (Å²) < 4.78 is 11.2. The summed E-state index contributed by atoms with van der Waals surface area (Å²) >= 11 is 0. The number of nitrogens with zero attached hydrogens (tertiary/aromatic N) is 2. The van der Waals surface area contributed by atoms with Crippen molar-refractivity contribution < 1.29 is 14.3 Å². The number of para-hydroxylation sites is 1. The van der Waals surface area contributed by atoms with Gasteiger partial charge in [-0.15, -0.1) is 0 Å². The number of nitrogens with one attached hydrogen (secondary N) is 1. The minimum absolute atomic E-state index is 0.00638. The number of likely N-dealkylation sites (tertiary alicyclic amines) is 1. The van der Waals surface area contributed by atoms with Gasteiger partial charge in [0.25, 0.3) is 0 Å². The van der Waals surface area contributed by atoms with Gasteiger partial charge in [0.15, 0.2) is 0 Å². The molecule has 1 N–H and O–H groups in total. The number of carbonyl (C=O) groups excluding carboxylic acids is 1. The molecule has 1 saturated heterocycles. The van der Waals surface area contributed by atoms with E-state index >= 15 is 0 Å². The molecule has 1 aliphatic rings. The van der Waals surface area contributed by atoms with Crippen molar-refractivity contribution in [2.45, 2.75) is 18.9 Å². The summed E-state index contributed by atoms with van der Waals surface area (Å²) in [6, 6.07) is 23.1. The molecule has 0 radical (unpaired) electrons. The number of piperidine rings is 1. The molecular formula is C27H31N3O3. The number of ether oxygens (including phenoxy) is 2. The fraction of sp³-hybridized carbons (Fsp3) is 0.333. The van der Waals surface area contributed by atoms with Gasteiger partial charge in [-0.05, 0) is 67.9 Å². The van der Waals surface area contributed by atoms with E-state index in [9.17, 15) is 4.79 Å². The van der Waals surface area contributed by atoms with Crippen LogP contribution in [-0.2, 0) is 4.79 Å². The van der Waals surface area contributed by atoms with Gasteiger partial charge in [-0.3, -0.25) is 14.7 Å². The lowest BCUT2D eigenvalue weighted by atomic mass is 9.94. The monoisotopic (exact) mass is 445 g/mol. The van der Waals surface area contributed by atoms with E-state index in [0.717, 1.165) is 55.2 Å². The molecule has 2 heterocycles. The number of hydrogen-bond acceptors (Lipinski definition) is 5. The third kappa shape index (κ3) is 6.33. The van der Waals surface area contributed by atoms with Crippen LogP contribution < -0.4 is 14.8 Å². The summed E-state index contributed by atoms with van der Waals surface area (Å²) in [5.41, 5.74) is 1.77. The first-order chi connectivity index (χ1) is 16.2. The van der Waals surface area contributed by atoms with E-state index < -0.39 is 0 Å². The molecule has 1 aliphatic heterocycles. The van der Waals surface area contributed by atoms with Crippen LogP contribution >= 0.6 is 0 Å². The Bertz CT molecular complexity index is 1010. The van der Waals surface area contributed by atoms with Crippen molar-refractivity contribution >= 4 is 5.91 Å². The topological polar surface area (TPSA) is 63.7 Å². The number of methoxy groups -OCH3 is 1. The quantitative estimate of drug-likeness (QED) is 0.538. The minimum Gasteiger partial charge on any atom is -0.497 e. The van der Waals surface area contributed by atoms with Gasteiger partial charge in [-0.25, -0.2) is 0 Å². The molecule has 0 spiro atoms.